The molecule has 0 spiro atoms. The van der Waals surface area contributed by atoms with E-state index in [9.17, 15) is 4.79 Å². The van der Waals surface area contributed by atoms with Crippen LogP contribution in [-0.4, -0.2) is 37.5 Å². The Labute approximate surface area is 104 Å². The molecule has 0 aromatic carbocycles. The van der Waals surface area contributed by atoms with Gasteiger partial charge in [-0.05, 0) is 38.8 Å². The van der Waals surface area contributed by atoms with Gasteiger partial charge in [-0.25, -0.2) is 0 Å². The Morgan fingerprint density at radius 3 is 3.00 bits per heavy atom. The summed E-state index contributed by atoms with van der Waals surface area (Å²) in [6.45, 7) is 4.91. The number of carbonyl (C=O) groups excluding carboxylic acids is 1. The van der Waals surface area contributed by atoms with Crippen LogP contribution in [0.15, 0.2) is 0 Å². The molecule has 0 saturated carbocycles. The van der Waals surface area contributed by atoms with E-state index in [1.54, 1.807) is 0 Å². The average Bonchev–Trinajstić information content (AvgIpc) is 2.33. The third kappa shape index (κ3) is 4.74. The van der Waals surface area contributed by atoms with Crippen LogP contribution < -0.4 is 5.32 Å². The molecule has 0 aromatic rings. The van der Waals surface area contributed by atoms with Crippen molar-refractivity contribution >= 4 is 5.91 Å². The molecule has 1 heterocycles. The van der Waals surface area contributed by atoms with E-state index in [-0.39, 0.29) is 5.91 Å². The minimum absolute atomic E-state index is 0.0948. The molecule has 0 aromatic heterocycles. The molecule has 1 aliphatic heterocycles. The Kier molecular flexibility index (Phi) is 5.99. The average molecular weight is 237 g/mol. The number of likely N-dealkylation sites (tertiary alicyclic amines) is 1. The molecule has 4 nitrogen and oxygen atoms in total. The predicted molar refractivity (Wildman–Crippen MR) is 67.2 cm³/mol. The Hall–Kier alpha value is -1.08. The van der Waals surface area contributed by atoms with Crippen molar-refractivity contribution in [2.45, 2.75) is 32.6 Å². The number of hydrogen-bond donors (Lipinski definition) is 1. The van der Waals surface area contributed by atoms with Crippen molar-refractivity contribution in [2.75, 3.05) is 26.7 Å². The van der Waals surface area contributed by atoms with Crippen molar-refractivity contribution in [2.24, 2.45) is 11.8 Å². The first kappa shape index (κ1) is 14.0. The van der Waals surface area contributed by atoms with E-state index in [1.807, 2.05) is 6.92 Å². The molecular formula is C13H23N3O. The molecule has 0 bridgehead atoms. The Bertz CT molecular complexity index is 285. The highest BCUT2D eigenvalue weighted by Crippen LogP contribution is 2.14. The van der Waals surface area contributed by atoms with E-state index in [4.69, 9.17) is 5.26 Å². The van der Waals surface area contributed by atoms with Gasteiger partial charge in [0.15, 0.2) is 0 Å². The van der Waals surface area contributed by atoms with Crippen LogP contribution in [0.3, 0.4) is 0 Å². The third-order valence-electron chi connectivity index (χ3n) is 3.34. The van der Waals surface area contributed by atoms with E-state index >= 15 is 0 Å². The van der Waals surface area contributed by atoms with E-state index in [2.05, 4.69) is 23.3 Å². The molecule has 96 valence electrons. The van der Waals surface area contributed by atoms with Crippen LogP contribution in [0.4, 0.5) is 0 Å². The molecule has 4 heteroatoms. The summed E-state index contributed by atoms with van der Waals surface area (Å²) in [5, 5.41) is 11.8. The van der Waals surface area contributed by atoms with Gasteiger partial charge in [-0.15, -0.1) is 0 Å². The second-order valence-electron chi connectivity index (χ2n) is 4.99. The van der Waals surface area contributed by atoms with Crippen LogP contribution >= 0.6 is 0 Å². The van der Waals surface area contributed by atoms with Crippen LogP contribution in [0.5, 0.6) is 0 Å². The van der Waals surface area contributed by atoms with Gasteiger partial charge in [-0.2, -0.15) is 5.26 Å². The molecule has 2 unspecified atom stereocenters. The van der Waals surface area contributed by atoms with Gasteiger partial charge < -0.3 is 10.2 Å². The number of amides is 1. The van der Waals surface area contributed by atoms with Crippen LogP contribution in [0.2, 0.25) is 0 Å². The molecule has 1 saturated heterocycles. The molecule has 17 heavy (non-hydrogen) atoms. The summed E-state index contributed by atoms with van der Waals surface area (Å²) in [5.74, 6) is -0.0254. The van der Waals surface area contributed by atoms with Crippen molar-refractivity contribution in [3.8, 4) is 6.07 Å². The summed E-state index contributed by atoms with van der Waals surface area (Å²) in [5.41, 5.74) is 0. The number of piperidine rings is 1. The molecule has 1 N–H and O–H groups in total. The summed E-state index contributed by atoms with van der Waals surface area (Å²) in [7, 11) is 2.11. The van der Waals surface area contributed by atoms with E-state index in [0.29, 0.717) is 18.9 Å². The summed E-state index contributed by atoms with van der Waals surface area (Å²) in [6.07, 6.45) is 3.91. The molecular weight excluding hydrogens is 214 g/mol. The first-order valence-electron chi connectivity index (χ1n) is 6.53. The van der Waals surface area contributed by atoms with Gasteiger partial charge in [0.2, 0.25) is 5.91 Å². The van der Waals surface area contributed by atoms with Crippen LogP contribution in [0.1, 0.15) is 32.6 Å². The fourth-order valence-electron chi connectivity index (χ4n) is 2.35. The quantitative estimate of drug-likeness (QED) is 0.786. The normalized spacial score (nSPS) is 22.8. The van der Waals surface area contributed by atoms with Crippen molar-refractivity contribution in [3.05, 3.63) is 0 Å². The zero-order valence-electron chi connectivity index (χ0n) is 10.9. The van der Waals surface area contributed by atoms with Crippen molar-refractivity contribution < 1.29 is 4.79 Å². The molecule has 1 fully saturated rings. The van der Waals surface area contributed by atoms with Gasteiger partial charge in [-0.3, -0.25) is 4.79 Å². The van der Waals surface area contributed by atoms with Gasteiger partial charge in [0.25, 0.3) is 0 Å². The fraction of sp³-hybridized carbons (Fsp3) is 0.846. The summed E-state index contributed by atoms with van der Waals surface area (Å²) < 4.78 is 0. The lowest BCUT2D eigenvalue weighted by molar-refractivity contribution is -0.123. The monoisotopic (exact) mass is 237 g/mol. The van der Waals surface area contributed by atoms with Crippen LogP contribution in [-0.2, 0) is 4.79 Å². The second-order valence-corrected chi connectivity index (χ2v) is 4.99. The number of nitrogens with one attached hydrogen (secondary N) is 1. The lowest BCUT2D eigenvalue weighted by atomic mass is 9.98. The smallest absolute Gasteiger partial charge is 0.237 e. The lowest BCUT2D eigenvalue weighted by Gasteiger charge is -2.29. The zero-order chi connectivity index (χ0) is 12.7. The van der Waals surface area contributed by atoms with Gasteiger partial charge in [-0.1, -0.05) is 13.3 Å². The number of hydrogen-bond acceptors (Lipinski definition) is 3. The first-order valence-corrected chi connectivity index (χ1v) is 6.53. The second kappa shape index (κ2) is 7.29. The van der Waals surface area contributed by atoms with Gasteiger partial charge >= 0.3 is 0 Å². The van der Waals surface area contributed by atoms with Crippen LogP contribution in [0.25, 0.3) is 0 Å². The molecule has 0 aliphatic carbocycles. The molecule has 1 amide bonds. The maximum Gasteiger partial charge on any atom is 0.237 e. The Morgan fingerprint density at radius 2 is 2.41 bits per heavy atom. The molecule has 0 radical (unpaired) electrons. The maximum absolute atomic E-state index is 11.7. The number of carbonyl (C=O) groups is 1. The van der Waals surface area contributed by atoms with E-state index in [1.165, 1.54) is 12.8 Å². The van der Waals surface area contributed by atoms with Gasteiger partial charge in [0, 0.05) is 13.1 Å². The molecule has 1 rings (SSSR count). The SMILES string of the molecule is CCCC(C#N)C(=O)NCC1CCCN(C)C1. The Morgan fingerprint density at radius 1 is 1.65 bits per heavy atom. The maximum atomic E-state index is 11.7. The number of rotatable bonds is 5. The highest BCUT2D eigenvalue weighted by atomic mass is 16.1. The standard InChI is InChI=1S/C13H23N3O/c1-3-5-12(8-14)13(17)15-9-11-6-4-7-16(2)10-11/h11-12H,3-7,9-10H2,1-2H3,(H,15,17). The largest absolute Gasteiger partial charge is 0.355 e. The van der Waals surface area contributed by atoms with E-state index < -0.39 is 5.92 Å². The number of nitrogens with zero attached hydrogens (tertiary/aromatic N) is 2. The van der Waals surface area contributed by atoms with Gasteiger partial charge in [0.05, 0.1) is 6.07 Å². The highest BCUT2D eigenvalue weighted by Gasteiger charge is 2.20. The first-order chi connectivity index (χ1) is 8.17. The summed E-state index contributed by atoms with van der Waals surface area (Å²) in [4.78, 5) is 14.0. The molecule has 1 aliphatic rings. The number of nitriles is 1. The third-order valence-corrected chi connectivity index (χ3v) is 3.34. The predicted octanol–water partition coefficient (Wildman–Crippen LogP) is 1.38. The summed E-state index contributed by atoms with van der Waals surface area (Å²) in [6, 6.07) is 2.08. The van der Waals surface area contributed by atoms with Crippen molar-refractivity contribution in [3.63, 3.8) is 0 Å². The fourth-order valence-corrected chi connectivity index (χ4v) is 2.35. The summed E-state index contributed by atoms with van der Waals surface area (Å²) >= 11 is 0. The zero-order valence-corrected chi connectivity index (χ0v) is 10.9. The Balaban J connectivity index is 2.29. The van der Waals surface area contributed by atoms with Crippen LogP contribution in [0, 0.1) is 23.2 Å². The topological polar surface area (TPSA) is 56.1 Å². The van der Waals surface area contributed by atoms with E-state index in [0.717, 1.165) is 19.5 Å². The molecule has 2 atom stereocenters. The van der Waals surface area contributed by atoms with Gasteiger partial charge in [0.1, 0.15) is 5.92 Å². The minimum Gasteiger partial charge on any atom is -0.355 e. The lowest BCUT2D eigenvalue weighted by Crippen LogP contribution is -2.40. The highest BCUT2D eigenvalue weighted by molar-refractivity contribution is 5.80. The van der Waals surface area contributed by atoms with Crippen molar-refractivity contribution in [1.29, 1.82) is 5.26 Å². The van der Waals surface area contributed by atoms with Crippen molar-refractivity contribution in [1.82, 2.24) is 10.2 Å². The minimum atomic E-state index is -0.471.